The van der Waals surface area contributed by atoms with Gasteiger partial charge in [0, 0.05) is 0 Å². The molecule has 0 unspecified atom stereocenters. The van der Waals surface area contributed by atoms with Crippen LogP contribution in [0.25, 0.3) is 0 Å². The fourth-order valence-electron chi connectivity index (χ4n) is 2.11. The molecule has 0 N–H and O–H groups in total. The van der Waals surface area contributed by atoms with E-state index in [4.69, 9.17) is 14.0 Å². The van der Waals surface area contributed by atoms with Crippen LogP contribution in [0.2, 0.25) is 0 Å². The lowest BCUT2D eigenvalue weighted by Crippen LogP contribution is -2.38. The maximum Gasteiger partial charge on any atom is 0.864 e. The Morgan fingerprint density at radius 3 is 1.04 bits per heavy atom. The molecule has 0 fully saturated rings. The van der Waals surface area contributed by atoms with Gasteiger partial charge in [-0.25, -0.2) is 13.2 Å². The van der Waals surface area contributed by atoms with Gasteiger partial charge in [0.2, 0.25) is 0 Å². The van der Waals surface area contributed by atoms with E-state index in [9.17, 15) is 26.3 Å². The summed E-state index contributed by atoms with van der Waals surface area (Å²) < 4.78 is 96.6. The third kappa shape index (κ3) is 4.16. The van der Waals surface area contributed by atoms with Crippen molar-refractivity contribution >= 4 is 7.32 Å². The number of benzene rings is 3. The van der Waals surface area contributed by atoms with Crippen LogP contribution in [0.15, 0.2) is 54.6 Å². The molecule has 28 heavy (non-hydrogen) atoms. The minimum atomic E-state index is -2.12. The zero-order valence-corrected chi connectivity index (χ0v) is 13.8. The quantitative estimate of drug-likeness (QED) is 0.430. The van der Waals surface area contributed by atoms with Gasteiger partial charge in [-0.3, -0.25) is 0 Å². The second-order valence-electron chi connectivity index (χ2n) is 5.30. The summed E-state index contributed by atoms with van der Waals surface area (Å²) in [6.45, 7) is 0. The minimum absolute atomic E-state index is 0.723. The number of hydrogen-bond acceptors (Lipinski definition) is 3. The van der Waals surface area contributed by atoms with Crippen molar-refractivity contribution in [3.05, 3.63) is 89.5 Å². The first-order chi connectivity index (χ1) is 13.4. The van der Waals surface area contributed by atoms with Crippen molar-refractivity contribution in [2.75, 3.05) is 0 Å². The smallest absolute Gasteiger partial charge is 0.487 e. The fraction of sp³-hybridized carbons (Fsp3) is 0. The van der Waals surface area contributed by atoms with Gasteiger partial charge in [-0.05, 0) is 36.4 Å². The molecular formula is C18H9BF6O3. The molecule has 0 spiro atoms. The van der Waals surface area contributed by atoms with Crippen molar-refractivity contribution in [2.24, 2.45) is 0 Å². The molecule has 144 valence electrons. The van der Waals surface area contributed by atoms with Crippen molar-refractivity contribution in [2.45, 2.75) is 0 Å². The Kier molecular flexibility index (Phi) is 5.67. The Morgan fingerprint density at radius 2 is 0.750 bits per heavy atom. The molecule has 0 heterocycles. The highest BCUT2D eigenvalue weighted by Crippen LogP contribution is 2.26. The first-order valence-electron chi connectivity index (χ1n) is 7.69. The number of rotatable bonds is 6. The first-order valence-corrected chi connectivity index (χ1v) is 7.69. The van der Waals surface area contributed by atoms with Gasteiger partial charge < -0.3 is 14.0 Å². The van der Waals surface area contributed by atoms with Crippen LogP contribution in [0.1, 0.15) is 0 Å². The average molecular weight is 398 g/mol. The van der Waals surface area contributed by atoms with Crippen molar-refractivity contribution < 1.29 is 40.3 Å². The zero-order chi connectivity index (χ0) is 20.3. The number of halogens is 6. The van der Waals surface area contributed by atoms with Gasteiger partial charge in [-0.15, -0.1) is 0 Å². The largest absolute Gasteiger partial charge is 0.864 e. The Balaban J connectivity index is 1.94. The summed E-state index contributed by atoms with van der Waals surface area (Å²) in [6.07, 6.45) is 0. The Bertz CT molecular complexity index is 874. The molecule has 3 aromatic rings. The van der Waals surface area contributed by atoms with Crippen LogP contribution < -0.4 is 14.0 Å². The maximum atomic E-state index is 13.8. The molecule has 0 aliphatic heterocycles. The summed E-state index contributed by atoms with van der Waals surface area (Å²) in [5.74, 6) is -10.3. The van der Waals surface area contributed by atoms with Crippen LogP contribution in [0.5, 0.6) is 17.2 Å². The molecular weight excluding hydrogens is 389 g/mol. The highest BCUT2D eigenvalue weighted by Gasteiger charge is 2.34. The second kappa shape index (κ2) is 8.16. The SMILES string of the molecule is Fc1cccc(OB(Oc2cccc(F)c2F)Oc2cccc(F)c2F)c1F. The lowest BCUT2D eigenvalue weighted by atomic mass is 10.1. The summed E-state index contributed by atoms with van der Waals surface area (Å²) in [7, 11) is -2.12. The molecule has 0 radical (unpaired) electrons. The van der Waals surface area contributed by atoms with Crippen LogP contribution in [0.3, 0.4) is 0 Å². The van der Waals surface area contributed by atoms with Gasteiger partial charge in [-0.1, -0.05) is 18.2 Å². The van der Waals surface area contributed by atoms with E-state index in [1.54, 1.807) is 0 Å². The van der Waals surface area contributed by atoms with E-state index in [-0.39, 0.29) is 0 Å². The molecule has 3 nitrogen and oxygen atoms in total. The summed E-state index contributed by atoms with van der Waals surface area (Å²) in [4.78, 5) is 0. The van der Waals surface area contributed by atoms with Crippen LogP contribution >= 0.6 is 0 Å². The van der Waals surface area contributed by atoms with Gasteiger partial charge in [0.25, 0.3) is 0 Å². The van der Waals surface area contributed by atoms with Gasteiger partial charge in [0.05, 0.1) is 0 Å². The fourth-order valence-corrected chi connectivity index (χ4v) is 2.11. The van der Waals surface area contributed by atoms with Gasteiger partial charge >= 0.3 is 7.32 Å². The summed E-state index contributed by atoms with van der Waals surface area (Å²) in [6, 6.07) is 8.65. The topological polar surface area (TPSA) is 27.7 Å². The second-order valence-corrected chi connectivity index (χ2v) is 5.30. The third-order valence-electron chi connectivity index (χ3n) is 3.42. The average Bonchev–Trinajstić information content (AvgIpc) is 2.66. The van der Waals surface area contributed by atoms with Gasteiger partial charge in [0.15, 0.2) is 34.9 Å². The van der Waals surface area contributed by atoms with Crippen LogP contribution in [0.4, 0.5) is 26.3 Å². The van der Waals surface area contributed by atoms with Crippen LogP contribution in [-0.4, -0.2) is 7.32 Å². The monoisotopic (exact) mass is 398 g/mol. The van der Waals surface area contributed by atoms with E-state index >= 15 is 0 Å². The van der Waals surface area contributed by atoms with E-state index in [0.29, 0.717) is 0 Å². The summed E-state index contributed by atoms with van der Waals surface area (Å²) in [5, 5.41) is 0. The normalized spacial score (nSPS) is 10.5. The Hall–Kier alpha value is -3.30. The minimum Gasteiger partial charge on any atom is -0.487 e. The van der Waals surface area contributed by atoms with E-state index in [0.717, 1.165) is 54.6 Å². The van der Waals surface area contributed by atoms with Gasteiger partial charge in [0.1, 0.15) is 17.2 Å². The first kappa shape index (κ1) is 19.5. The van der Waals surface area contributed by atoms with Crippen molar-refractivity contribution in [1.29, 1.82) is 0 Å². The van der Waals surface area contributed by atoms with Gasteiger partial charge in [-0.2, -0.15) is 13.2 Å². The molecule has 3 rings (SSSR count). The predicted octanol–water partition coefficient (Wildman–Crippen LogP) is 5.04. The molecule has 0 aromatic heterocycles. The van der Waals surface area contributed by atoms with Crippen molar-refractivity contribution in [3.8, 4) is 17.2 Å². The molecule has 3 aromatic carbocycles. The lowest BCUT2D eigenvalue weighted by Gasteiger charge is -2.17. The molecule has 0 saturated carbocycles. The molecule has 0 atom stereocenters. The zero-order valence-electron chi connectivity index (χ0n) is 13.8. The van der Waals surface area contributed by atoms with Crippen molar-refractivity contribution in [3.63, 3.8) is 0 Å². The summed E-state index contributed by atoms with van der Waals surface area (Å²) >= 11 is 0. The molecule has 0 aliphatic carbocycles. The predicted molar refractivity (Wildman–Crippen MR) is 86.7 cm³/mol. The van der Waals surface area contributed by atoms with Crippen LogP contribution in [0, 0.1) is 34.9 Å². The molecule has 0 amide bonds. The molecule has 0 bridgehead atoms. The molecule has 10 heteroatoms. The van der Waals surface area contributed by atoms with Crippen LogP contribution in [-0.2, 0) is 0 Å². The maximum absolute atomic E-state index is 13.8. The van der Waals surface area contributed by atoms with Crippen molar-refractivity contribution in [1.82, 2.24) is 0 Å². The highest BCUT2D eigenvalue weighted by atomic mass is 19.2. The summed E-state index contributed by atoms with van der Waals surface area (Å²) in [5.41, 5.74) is 0. The Labute approximate surface area is 155 Å². The molecule has 0 aliphatic rings. The standard InChI is InChI=1S/C18H9BF6O3/c20-10-4-1-7-13(16(10)23)26-19(27-14-8-2-5-11(21)17(14)24)28-15-9-3-6-12(22)18(15)25/h1-9H. The van der Waals surface area contributed by atoms with E-state index in [1.807, 2.05) is 0 Å². The lowest BCUT2D eigenvalue weighted by molar-refractivity contribution is 0.281. The Morgan fingerprint density at radius 1 is 0.464 bits per heavy atom. The third-order valence-corrected chi connectivity index (χ3v) is 3.42. The highest BCUT2D eigenvalue weighted by molar-refractivity contribution is 6.39. The van der Waals surface area contributed by atoms with E-state index in [2.05, 4.69) is 0 Å². The molecule has 0 saturated heterocycles. The van der Waals surface area contributed by atoms with E-state index in [1.165, 1.54) is 0 Å². The van der Waals surface area contributed by atoms with E-state index < -0.39 is 59.5 Å². The number of hydrogen-bond donors (Lipinski definition) is 0.